The summed E-state index contributed by atoms with van der Waals surface area (Å²) in [5.74, 6) is 0. The first-order valence-corrected chi connectivity index (χ1v) is 4.68. The fourth-order valence-electron chi connectivity index (χ4n) is 0.638. The molecule has 0 aromatic rings. The molecule has 0 aliphatic carbocycles. The van der Waals surface area contributed by atoms with Crippen LogP contribution < -0.4 is 16.6 Å². The molecule has 0 aromatic heterocycles. The van der Waals surface area contributed by atoms with E-state index in [4.69, 9.17) is 10.5 Å². The monoisotopic (exact) mass is 213 g/mol. The van der Waals surface area contributed by atoms with E-state index in [-0.39, 0.29) is 0 Å². The van der Waals surface area contributed by atoms with Gasteiger partial charge in [-0.2, -0.15) is 0 Å². The number of ether oxygens (including phenoxy) is 1. The maximum absolute atomic E-state index is 11.1. The maximum atomic E-state index is 11.1. The minimum atomic E-state index is -0.536. The van der Waals surface area contributed by atoms with E-state index in [1.54, 1.807) is 32.9 Å². The molecule has 0 radical (unpaired) electrons. The summed E-state index contributed by atoms with van der Waals surface area (Å²) in [6.07, 6.45) is 4.34. The zero-order valence-electron chi connectivity index (χ0n) is 9.63. The van der Waals surface area contributed by atoms with Crippen molar-refractivity contribution in [2.45, 2.75) is 33.3 Å². The number of carbonyl (C=O) groups excluding carboxylic acids is 1. The van der Waals surface area contributed by atoms with Gasteiger partial charge in [-0.1, -0.05) is 6.08 Å². The van der Waals surface area contributed by atoms with Gasteiger partial charge in [-0.3, -0.25) is 0 Å². The molecule has 5 heteroatoms. The first-order valence-electron chi connectivity index (χ1n) is 4.68. The third-order valence-electron chi connectivity index (χ3n) is 1.27. The van der Waals surface area contributed by atoms with Crippen molar-refractivity contribution in [2.24, 2.45) is 5.73 Å². The zero-order valence-corrected chi connectivity index (χ0v) is 9.63. The second kappa shape index (κ2) is 5.95. The lowest BCUT2D eigenvalue weighted by atomic mass is 10.2. The predicted octanol–water partition coefficient (Wildman–Crippen LogP) is 1.39. The molecule has 0 heterocycles. The van der Waals surface area contributed by atoms with E-state index in [0.29, 0.717) is 5.70 Å². The molecule has 0 saturated heterocycles. The highest BCUT2D eigenvalue weighted by Crippen LogP contribution is 2.05. The van der Waals surface area contributed by atoms with Gasteiger partial charge in [0.2, 0.25) is 0 Å². The summed E-state index contributed by atoms with van der Waals surface area (Å²) in [6, 6.07) is 0. The first kappa shape index (κ1) is 13.4. The molecule has 0 spiro atoms. The average Bonchev–Trinajstić information content (AvgIpc) is 2.09. The number of nitrogens with two attached hydrogens (primary N) is 1. The highest BCUT2D eigenvalue weighted by molar-refractivity contribution is 5.67. The van der Waals surface area contributed by atoms with Crippen LogP contribution in [0.1, 0.15) is 27.7 Å². The Morgan fingerprint density at radius 3 is 2.47 bits per heavy atom. The lowest BCUT2D eigenvalue weighted by molar-refractivity contribution is 0.0509. The van der Waals surface area contributed by atoms with E-state index in [1.807, 2.05) is 6.92 Å². The number of hydrogen-bond donors (Lipinski definition) is 3. The van der Waals surface area contributed by atoms with Crippen LogP contribution in [-0.2, 0) is 4.74 Å². The van der Waals surface area contributed by atoms with Crippen LogP contribution >= 0.6 is 0 Å². The quantitative estimate of drug-likeness (QED) is 0.489. The van der Waals surface area contributed by atoms with Gasteiger partial charge in [-0.15, -0.1) is 0 Å². The van der Waals surface area contributed by atoms with Gasteiger partial charge in [0.15, 0.2) is 0 Å². The number of hydrogen-bond acceptors (Lipinski definition) is 4. The van der Waals surface area contributed by atoms with Gasteiger partial charge in [-0.25, -0.2) is 10.2 Å². The number of carbonyl (C=O) groups is 1. The normalized spacial score (nSPS) is 12.7. The first-order chi connectivity index (χ1) is 6.85. The third kappa shape index (κ3) is 8.67. The van der Waals surface area contributed by atoms with Crippen molar-refractivity contribution in [3.05, 3.63) is 24.0 Å². The smallest absolute Gasteiger partial charge is 0.426 e. The molecule has 0 aliphatic rings. The van der Waals surface area contributed by atoms with Crippen LogP contribution in [0.5, 0.6) is 0 Å². The Morgan fingerprint density at radius 2 is 2.00 bits per heavy atom. The van der Waals surface area contributed by atoms with Crippen LogP contribution in [0, 0.1) is 0 Å². The molecule has 0 aliphatic heterocycles. The van der Waals surface area contributed by atoms with Gasteiger partial charge < -0.3 is 15.9 Å². The van der Waals surface area contributed by atoms with Gasteiger partial charge in [0.25, 0.3) is 0 Å². The Labute approximate surface area is 90.3 Å². The largest absolute Gasteiger partial charge is 0.443 e. The van der Waals surface area contributed by atoms with Crippen molar-refractivity contribution in [1.82, 2.24) is 10.9 Å². The SMILES string of the molecule is C/C=C(N)\C=C\NNC(=O)OC(C)(C)C. The van der Waals surface area contributed by atoms with Gasteiger partial charge in [0.05, 0.1) is 0 Å². The van der Waals surface area contributed by atoms with Gasteiger partial charge in [0.1, 0.15) is 5.60 Å². The highest BCUT2D eigenvalue weighted by Gasteiger charge is 2.15. The van der Waals surface area contributed by atoms with Crippen LogP contribution in [0.3, 0.4) is 0 Å². The van der Waals surface area contributed by atoms with E-state index in [2.05, 4.69) is 10.9 Å². The summed E-state index contributed by atoms with van der Waals surface area (Å²) in [7, 11) is 0. The van der Waals surface area contributed by atoms with Gasteiger partial charge >= 0.3 is 6.09 Å². The van der Waals surface area contributed by atoms with Crippen molar-refractivity contribution in [2.75, 3.05) is 0 Å². The molecule has 0 bridgehead atoms. The molecule has 0 atom stereocenters. The predicted molar refractivity (Wildman–Crippen MR) is 59.6 cm³/mol. The van der Waals surface area contributed by atoms with Crippen molar-refractivity contribution in [1.29, 1.82) is 0 Å². The van der Waals surface area contributed by atoms with Crippen molar-refractivity contribution in [3.8, 4) is 0 Å². The number of amides is 1. The Hall–Kier alpha value is -1.65. The average molecular weight is 213 g/mol. The van der Waals surface area contributed by atoms with Crippen LogP contribution in [0.2, 0.25) is 0 Å². The van der Waals surface area contributed by atoms with Crippen LogP contribution in [0.4, 0.5) is 4.79 Å². The summed E-state index contributed by atoms with van der Waals surface area (Å²) < 4.78 is 4.98. The summed E-state index contributed by atoms with van der Waals surface area (Å²) in [5, 5.41) is 0. The zero-order chi connectivity index (χ0) is 11.9. The molecule has 15 heavy (non-hydrogen) atoms. The Balaban J connectivity index is 3.79. The standard InChI is InChI=1S/C10H19N3O2/c1-5-8(11)6-7-12-13-9(14)15-10(2,3)4/h5-7,12H,11H2,1-4H3,(H,13,14)/b7-6+,8-5+. The number of allylic oxidation sites excluding steroid dienone is 2. The minimum Gasteiger partial charge on any atom is -0.443 e. The van der Waals surface area contributed by atoms with Crippen LogP contribution in [0.25, 0.3) is 0 Å². The van der Waals surface area contributed by atoms with E-state index < -0.39 is 11.7 Å². The van der Waals surface area contributed by atoms with E-state index in [0.717, 1.165) is 0 Å². The highest BCUT2D eigenvalue weighted by atomic mass is 16.6. The molecule has 0 unspecified atom stereocenters. The summed E-state index contributed by atoms with van der Waals surface area (Å²) in [5.41, 5.74) is 10.5. The molecule has 5 nitrogen and oxygen atoms in total. The van der Waals surface area contributed by atoms with Crippen LogP contribution in [0.15, 0.2) is 24.0 Å². The third-order valence-corrected chi connectivity index (χ3v) is 1.27. The van der Waals surface area contributed by atoms with Crippen molar-refractivity contribution >= 4 is 6.09 Å². The fraction of sp³-hybridized carbons (Fsp3) is 0.500. The molecule has 0 fully saturated rings. The van der Waals surface area contributed by atoms with Gasteiger partial charge in [-0.05, 0) is 33.8 Å². The second-order valence-electron chi connectivity index (χ2n) is 3.89. The van der Waals surface area contributed by atoms with E-state index >= 15 is 0 Å². The molecular formula is C10H19N3O2. The molecule has 4 N–H and O–H groups in total. The van der Waals surface area contributed by atoms with E-state index in [1.165, 1.54) is 6.20 Å². The molecule has 0 saturated carbocycles. The number of hydrazine groups is 1. The molecular weight excluding hydrogens is 194 g/mol. The summed E-state index contributed by atoms with van der Waals surface area (Å²) in [6.45, 7) is 7.20. The minimum absolute atomic E-state index is 0.502. The Morgan fingerprint density at radius 1 is 1.40 bits per heavy atom. The van der Waals surface area contributed by atoms with Crippen molar-refractivity contribution < 1.29 is 9.53 Å². The molecule has 0 rings (SSSR count). The van der Waals surface area contributed by atoms with Crippen LogP contribution in [-0.4, -0.2) is 11.7 Å². The number of nitrogens with one attached hydrogen (secondary N) is 2. The Kier molecular flexibility index (Phi) is 5.30. The summed E-state index contributed by atoms with van der Waals surface area (Å²) in [4.78, 5) is 11.1. The van der Waals surface area contributed by atoms with Gasteiger partial charge in [0, 0.05) is 11.9 Å². The fourth-order valence-corrected chi connectivity index (χ4v) is 0.638. The number of rotatable bonds is 3. The topological polar surface area (TPSA) is 76.4 Å². The molecule has 86 valence electrons. The lowest BCUT2D eigenvalue weighted by Gasteiger charge is -2.19. The second-order valence-corrected chi connectivity index (χ2v) is 3.89. The molecule has 0 aromatic carbocycles. The van der Waals surface area contributed by atoms with E-state index in [9.17, 15) is 4.79 Å². The van der Waals surface area contributed by atoms with Crippen molar-refractivity contribution in [3.63, 3.8) is 0 Å². The molecule has 1 amide bonds. The summed E-state index contributed by atoms with van der Waals surface area (Å²) >= 11 is 0. The maximum Gasteiger partial charge on any atom is 0.426 e. The Bertz CT molecular complexity index is 264. The lowest BCUT2D eigenvalue weighted by Crippen LogP contribution is -2.38.